The van der Waals surface area contributed by atoms with Gasteiger partial charge in [-0.15, -0.1) is 0 Å². The quantitative estimate of drug-likeness (QED) is 0.889. The standard InChI is InChI=1S/C12H12BrNO4/c13-7-1-4-9(10(15)5-7)12(18)14(6-11(16)17)8-2-3-8/h1,4-5,8,15H,2-3,6H2,(H,16,17). The van der Waals surface area contributed by atoms with Crippen molar-refractivity contribution in [2.45, 2.75) is 18.9 Å². The van der Waals surface area contributed by atoms with Crippen molar-refractivity contribution in [1.29, 1.82) is 0 Å². The molecule has 0 bridgehead atoms. The highest BCUT2D eigenvalue weighted by molar-refractivity contribution is 9.10. The molecule has 18 heavy (non-hydrogen) atoms. The number of aliphatic carboxylic acids is 1. The Morgan fingerprint density at radius 1 is 1.39 bits per heavy atom. The maximum Gasteiger partial charge on any atom is 0.323 e. The SMILES string of the molecule is O=C(O)CN(C(=O)c1ccc(Br)cc1O)C1CC1. The number of hydrogen-bond donors (Lipinski definition) is 2. The summed E-state index contributed by atoms with van der Waals surface area (Å²) in [6.45, 7) is -0.334. The van der Waals surface area contributed by atoms with Crippen LogP contribution >= 0.6 is 15.9 Å². The number of rotatable bonds is 4. The number of aromatic hydroxyl groups is 1. The average molecular weight is 314 g/mol. The molecular formula is C12H12BrNO4. The summed E-state index contributed by atoms with van der Waals surface area (Å²) in [5, 5.41) is 18.5. The Hall–Kier alpha value is -1.56. The van der Waals surface area contributed by atoms with Crippen molar-refractivity contribution < 1.29 is 19.8 Å². The smallest absolute Gasteiger partial charge is 0.323 e. The first-order valence-electron chi connectivity index (χ1n) is 5.50. The number of phenols is 1. The Morgan fingerprint density at radius 3 is 2.56 bits per heavy atom. The maximum atomic E-state index is 12.2. The number of carbonyl (C=O) groups excluding carboxylic acids is 1. The molecule has 0 radical (unpaired) electrons. The van der Waals surface area contributed by atoms with Crippen molar-refractivity contribution in [3.8, 4) is 5.75 Å². The molecule has 0 unspecified atom stereocenters. The molecule has 1 aromatic rings. The van der Waals surface area contributed by atoms with Gasteiger partial charge in [-0.05, 0) is 31.0 Å². The van der Waals surface area contributed by atoms with Gasteiger partial charge in [-0.1, -0.05) is 15.9 Å². The molecule has 2 N–H and O–H groups in total. The van der Waals surface area contributed by atoms with E-state index >= 15 is 0 Å². The number of amides is 1. The second-order valence-electron chi connectivity index (χ2n) is 4.22. The van der Waals surface area contributed by atoms with Crippen molar-refractivity contribution in [3.63, 3.8) is 0 Å². The second-order valence-corrected chi connectivity index (χ2v) is 5.14. The van der Waals surface area contributed by atoms with Crippen LogP contribution in [0.2, 0.25) is 0 Å². The van der Waals surface area contributed by atoms with Gasteiger partial charge in [-0.3, -0.25) is 9.59 Å². The van der Waals surface area contributed by atoms with Gasteiger partial charge < -0.3 is 15.1 Å². The molecule has 1 aliphatic carbocycles. The summed E-state index contributed by atoms with van der Waals surface area (Å²) < 4.78 is 0.660. The molecule has 5 nitrogen and oxygen atoms in total. The molecule has 0 aromatic heterocycles. The fraction of sp³-hybridized carbons (Fsp3) is 0.333. The number of carbonyl (C=O) groups is 2. The van der Waals surface area contributed by atoms with Crippen molar-refractivity contribution in [1.82, 2.24) is 4.90 Å². The molecule has 1 saturated carbocycles. The molecule has 96 valence electrons. The van der Waals surface area contributed by atoms with Crippen molar-refractivity contribution >= 4 is 27.8 Å². The molecule has 0 spiro atoms. The molecule has 2 rings (SSSR count). The summed E-state index contributed by atoms with van der Waals surface area (Å²) in [7, 11) is 0. The molecule has 1 fully saturated rings. The highest BCUT2D eigenvalue weighted by atomic mass is 79.9. The molecule has 0 saturated heterocycles. The van der Waals surface area contributed by atoms with Gasteiger partial charge in [0.2, 0.25) is 0 Å². The second kappa shape index (κ2) is 4.97. The first-order chi connectivity index (χ1) is 8.49. The van der Waals surface area contributed by atoms with Crippen LogP contribution in [0.4, 0.5) is 0 Å². The Labute approximate surface area is 112 Å². The summed E-state index contributed by atoms with van der Waals surface area (Å²) in [5.41, 5.74) is 0.131. The van der Waals surface area contributed by atoms with E-state index in [2.05, 4.69) is 15.9 Å². The van der Waals surface area contributed by atoms with Gasteiger partial charge in [0.25, 0.3) is 5.91 Å². The minimum Gasteiger partial charge on any atom is -0.507 e. The van der Waals surface area contributed by atoms with E-state index in [1.165, 1.54) is 17.0 Å². The van der Waals surface area contributed by atoms with Crippen molar-refractivity contribution in [3.05, 3.63) is 28.2 Å². The zero-order valence-electron chi connectivity index (χ0n) is 9.47. The van der Waals surface area contributed by atoms with Crippen LogP contribution in [0.3, 0.4) is 0 Å². The molecule has 0 atom stereocenters. The van der Waals surface area contributed by atoms with E-state index in [0.717, 1.165) is 12.8 Å². The molecule has 1 aromatic carbocycles. The lowest BCUT2D eigenvalue weighted by molar-refractivity contribution is -0.137. The third-order valence-electron chi connectivity index (χ3n) is 2.74. The number of hydrogen-bond acceptors (Lipinski definition) is 3. The molecular weight excluding hydrogens is 302 g/mol. The fourth-order valence-electron chi connectivity index (χ4n) is 1.74. The van der Waals surface area contributed by atoms with Gasteiger partial charge in [-0.2, -0.15) is 0 Å². The lowest BCUT2D eigenvalue weighted by Crippen LogP contribution is -2.37. The van der Waals surface area contributed by atoms with Crippen molar-refractivity contribution in [2.75, 3.05) is 6.54 Å². The van der Waals surface area contributed by atoms with Gasteiger partial charge >= 0.3 is 5.97 Å². The normalized spacial score (nSPS) is 14.3. The van der Waals surface area contributed by atoms with Crippen LogP contribution < -0.4 is 0 Å². The Kier molecular flexibility index (Phi) is 3.56. The summed E-state index contributed by atoms with van der Waals surface area (Å²) in [5.74, 6) is -1.64. The predicted molar refractivity (Wildman–Crippen MR) is 67.5 cm³/mol. The van der Waals surface area contributed by atoms with E-state index in [4.69, 9.17) is 5.11 Å². The minimum atomic E-state index is -1.05. The zero-order chi connectivity index (χ0) is 13.3. The molecule has 6 heteroatoms. The average Bonchev–Trinajstić information content (AvgIpc) is 3.08. The summed E-state index contributed by atoms with van der Waals surface area (Å²) in [6, 6.07) is 4.52. The number of phenolic OH excluding ortho intramolecular Hbond substituents is 1. The van der Waals surface area contributed by atoms with E-state index in [1.807, 2.05) is 0 Å². The Balaban J connectivity index is 2.24. The van der Waals surface area contributed by atoms with E-state index in [-0.39, 0.29) is 23.9 Å². The lowest BCUT2D eigenvalue weighted by atomic mass is 10.1. The van der Waals surface area contributed by atoms with Crippen LogP contribution in [0.25, 0.3) is 0 Å². The third-order valence-corrected chi connectivity index (χ3v) is 3.24. The van der Waals surface area contributed by atoms with Gasteiger partial charge in [0, 0.05) is 10.5 Å². The monoisotopic (exact) mass is 313 g/mol. The third kappa shape index (κ3) is 2.81. The highest BCUT2D eigenvalue weighted by Crippen LogP contribution is 2.30. The highest BCUT2D eigenvalue weighted by Gasteiger charge is 2.35. The number of benzene rings is 1. The zero-order valence-corrected chi connectivity index (χ0v) is 11.1. The van der Waals surface area contributed by atoms with Crippen LogP contribution in [0.1, 0.15) is 23.2 Å². The number of halogens is 1. The van der Waals surface area contributed by atoms with E-state index in [1.54, 1.807) is 6.07 Å². The molecule has 1 aliphatic rings. The molecule has 0 aliphatic heterocycles. The van der Waals surface area contributed by atoms with Gasteiger partial charge in [-0.25, -0.2) is 0 Å². The van der Waals surface area contributed by atoms with Crippen LogP contribution in [0.5, 0.6) is 5.75 Å². The first-order valence-corrected chi connectivity index (χ1v) is 6.29. The summed E-state index contributed by atoms with van der Waals surface area (Å²) >= 11 is 3.18. The predicted octanol–water partition coefficient (Wildman–Crippen LogP) is 1.84. The van der Waals surface area contributed by atoms with Crippen LogP contribution in [-0.2, 0) is 4.79 Å². The summed E-state index contributed by atoms with van der Waals surface area (Å²) in [6.07, 6.45) is 1.63. The molecule has 0 heterocycles. The van der Waals surface area contributed by atoms with Gasteiger partial charge in [0.05, 0.1) is 5.56 Å². The van der Waals surface area contributed by atoms with Crippen LogP contribution in [0, 0.1) is 0 Å². The Morgan fingerprint density at radius 2 is 2.06 bits per heavy atom. The number of carboxylic acids is 1. The maximum absolute atomic E-state index is 12.2. The Bertz CT molecular complexity index is 499. The lowest BCUT2D eigenvalue weighted by Gasteiger charge is -2.20. The number of nitrogens with zero attached hydrogens (tertiary/aromatic N) is 1. The minimum absolute atomic E-state index is 0.0170. The van der Waals surface area contributed by atoms with E-state index < -0.39 is 11.9 Å². The summed E-state index contributed by atoms with van der Waals surface area (Å²) in [4.78, 5) is 24.2. The first kappa shape index (κ1) is 12.9. The van der Waals surface area contributed by atoms with Crippen LogP contribution in [0.15, 0.2) is 22.7 Å². The van der Waals surface area contributed by atoms with Gasteiger partial charge in [0.1, 0.15) is 12.3 Å². The van der Waals surface area contributed by atoms with Crippen LogP contribution in [-0.4, -0.2) is 39.6 Å². The fourth-order valence-corrected chi connectivity index (χ4v) is 2.09. The number of carboxylic acid groups (broad SMARTS) is 1. The van der Waals surface area contributed by atoms with E-state index in [0.29, 0.717) is 4.47 Å². The largest absolute Gasteiger partial charge is 0.507 e. The van der Waals surface area contributed by atoms with E-state index in [9.17, 15) is 14.7 Å². The van der Waals surface area contributed by atoms with Gasteiger partial charge in [0.15, 0.2) is 0 Å². The topological polar surface area (TPSA) is 77.8 Å². The van der Waals surface area contributed by atoms with Crippen molar-refractivity contribution in [2.24, 2.45) is 0 Å². The molecule has 1 amide bonds.